The maximum absolute atomic E-state index is 12.1. The maximum atomic E-state index is 12.1. The molecule has 5 heteroatoms. The van der Waals surface area contributed by atoms with Crippen LogP contribution in [0.4, 0.5) is 0 Å². The van der Waals surface area contributed by atoms with Crippen LogP contribution in [0.2, 0.25) is 5.15 Å². The summed E-state index contributed by atoms with van der Waals surface area (Å²) in [5, 5.41) is 1.01. The third kappa shape index (κ3) is 3.68. The molecule has 0 N–H and O–H groups in total. The number of ether oxygens (including phenoxy) is 2. The van der Waals surface area contributed by atoms with Crippen LogP contribution in [0, 0.1) is 0 Å². The van der Waals surface area contributed by atoms with Crippen molar-refractivity contribution in [1.29, 1.82) is 0 Å². The fourth-order valence-electron chi connectivity index (χ4n) is 1.83. The van der Waals surface area contributed by atoms with Gasteiger partial charge in [-0.1, -0.05) is 36.7 Å². The number of hydrogen-bond acceptors (Lipinski definition) is 4. The average molecular weight is 294 g/mol. The summed E-state index contributed by atoms with van der Waals surface area (Å²) in [5.41, 5.74) is 1.10. The molecule has 0 saturated carbocycles. The van der Waals surface area contributed by atoms with E-state index in [1.807, 2.05) is 31.2 Å². The number of fused-ring (bicyclic) bond motifs is 1. The van der Waals surface area contributed by atoms with Gasteiger partial charge >= 0.3 is 5.97 Å². The van der Waals surface area contributed by atoms with Crippen LogP contribution in [0.3, 0.4) is 0 Å². The van der Waals surface area contributed by atoms with E-state index in [0.29, 0.717) is 24.3 Å². The lowest BCUT2D eigenvalue weighted by atomic mass is 10.1. The summed E-state index contributed by atoms with van der Waals surface area (Å²) >= 11 is 5.93. The zero-order valence-corrected chi connectivity index (χ0v) is 12.0. The molecule has 2 aromatic rings. The van der Waals surface area contributed by atoms with E-state index in [4.69, 9.17) is 21.1 Å². The van der Waals surface area contributed by atoms with Crippen molar-refractivity contribution in [3.63, 3.8) is 0 Å². The van der Waals surface area contributed by atoms with Crippen molar-refractivity contribution in [3.05, 3.63) is 41.0 Å². The molecule has 106 valence electrons. The van der Waals surface area contributed by atoms with Crippen LogP contribution < -0.4 is 0 Å². The number of para-hydroxylation sites is 1. The van der Waals surface area contributed by atoms with Gasteiger partial charge in [-0.25, -0.2) is 9.78 Å². The van der Waals surface area contributed by atoms with Crippen LogP contribution in [-0.2, 0) is 9.47 Å². The van der Waals surface area contributed by atoms with Gasteiger partial charge in [0, 0.05) is 12.0 Å². The minimum absolute atomic E-state index is 0.229. The Kier molecular flexibility index (Phi) is 5.32. The highest BCUT2D eigenvalue weighted by Crippen LogP contribution is 2.21. The average Bonchev–Trinajstić information content (AvgIpc) is 2.46. The van der Waals surface area contributed by atoms with Gasteiger partial charge in [-0.3, -0.25) is 0 Å². The Bertz CT molecular complexity index is 601. The van der Waals surface area contributed by atoms with E-state index in [9.17, 15) is 4.79 Å². The molecular formula is C15H16ClNO3. The van der Waals surface area contributed by atoms with Gasteiger partial charge in [0.15, 0.2) is 0 Å². The molecule has 1 aromatic heterocycles. The molecule has 0 fully saturated rings. The lowest BCUT2D eigenvalue weighted by Crippen LogP contribution is -2.12. The Morgan fingerprint density at radius 1 is 1.25 bits per heavy atom. The Hall–Kier alpha value is -1.65. The van der Waals surface area contributed by atoms with E-state index in [-0.39, 0.29) is 11.8 Å². The van der Waals surface area contributed by atoms with Crippen LogP contribution >= 0.6 is 11.6 Å². The summed E-state index contributed by atoms with van der Waals surface area (Å²) in [4.78, 5) is 16.3. The fraction of sp³-hybridized carbons (Fsp3) is 0.333. The quantitative estimate of drug-likeness (QED) is 0.465. The second kappa shape index (κ2) is 7.22. The Balaban J connectivity index is 2.09. The zero-order chi connectivity index (χ0) is 14.4. The monoisotopic (exact) mass is 293 g/mol. The number of hydrogen-bond donors (Lipinski definition) is 0. The van der Waals surface area contributed by atoms with Crippen LogP contribution in [0.25, 0.3) is 10.9 Å². The number of carbonyl (C=O) groups excluding carboxylic acids is 1. The number of aromatic nitrogens is 1. The van der Waals surface area contributed by atoms with E-state index in [2.05, 4.69) is 4.98 Å². The summed E-state index contributed by atoms with van der Waals surface area (Å²) in [6.07, 6.45) is 0.943. The number of halogens is 1. The predicted octanol–water partition coefficient (Wildman–Crippen LogP) is 3.47. The molecule has 0 amide bonds. The summed E-state index contributed by atoms with van der Waals surface area (Å²) in [5.74, 6) is -0.411. The van der Waals surface area contributed by atoms with E-state index in [1.54, 1.807) is 0 Å². The van der Waals surface area contributed by atoms with E-state index in [0.717, 1.165) is 11.8 Å². The van der Waals surface area contributed by atoms with Crippen LogP contribution in [0.15, 0.2) is 30.3 Å². The molecular weight excluding hydrogens is 278 g/mol. The molecule has 0 saturated heterocycles. The molecule has 0 aliphatic carbocycles. The Labute approximate surface area is 122 Å². The van der Waals surface area contributed by atoms with E-state index >= 15 is 0 Å². The first-order valence-electron chi connectivity index (χ1n) is 6.52. The van der Waals surface area contributed by atoms with Gasteiger partial charge in [-0.05, 0) is 18.6 Å². The lowest BCUT2D eigenvalue weighted by molar-refractivity contribution is 0.0320. The molecule has 0 spiro atoms. The first-order valence-corrected chi connectivity index (χ1v) is 6.90. The standard InChI is InChI=1S/C15H16ClNO3/c1-2-7-19-8-9-20-15(18)12-10-14(16)17-13-6-4-3-5-11(12)13/h3-6,10H,2,7-9H2,1H3. The minimum Gasteiger partial charge on any atom is -0.460 e. The number of pyridine rings is 1. The molecule has 20 heavy (non-hydrogen) atoms. The maximum Gasteiger partial charge on any atom is 0.339 e. The first kappa shape index (κ1) is 14.8. The molecule has 1 heterocycles. The number of rotatable bonds is 6. The number of nitrogens with zero attached hydrogens (tertiary/aromatic N) is 1. The third-order valence-electron chi connectivity index (χ3n) is 2.71. The van der Waals surface area contributed by atoms with Gasteiger partial charge in [-0.2, -0.15) is 0 Å². The van der Waals surface area contributed by atoms with Crippen molar-refractivity contribution < 1.29 is 14.3 Å². The fourth-order valence-corrected chi connectivity index (χ4v) is 2.03. The Morgan fingerprint density at radius 2 is 2.05 bits per heavy atom. The molecule has 0 aliphatic heterocycles. The van der Waals surface area contributed by atoms with Gasteiger partial charge in [0.1, 0.15) is 11.8 Å². The second-order valence-corrected chi connectivity index (χ2v) is 4.65. The summed E-state index contributed by atoms with van der Waals surface area (Å²) < 4.78 is 10.5. The largest absolute Gasteiger partial charge is 0.460 e. The predicted molar refractivity (Wildman–Crippen MR) is 78.1 cm³/mol. The van der Waals surface area contributed by atoms with E-state index < -0.39 is 5.97 Å². The van der Waals surface area contributed by atoms with Crippen molar-refractivity contribution >= 4 is 28.5 Å². The van der Waals surface area contributed by atoms with Crippen molar-refractivity contribution in [1.82, 2.24) is 4.98 Å². The minimum atomic E-state index is -0.411. The highest BCUT2D eigenvalue weighted by molar-refractivity contribution is 6.30. The van der Waals surface area contributed by atoms with Crippen LogP contribution in [0.5, 0.6) is 0 Å². The van der Waals surface area contributed by atoms with E-state index in [1.165, 1.54) is 6.07 Å². The van der Waals surface area contributed by atoms with Crippen molar-refractivity contribution in [2.45, 2.75) is 13.3 Å². The molecule has 0 bridgehead atoms. The molecule has 0 unspecified atom stereocenters. The molecule has 2 rings (SSSR count). The first-order chi connectivity index (χ1) is 9.72. The van der Waals surface area contributed by atoms with Gasteiger partial charge in [0.2, 0.25) is 0 Å². The van der Waals surface area contributed by atoms with Gasteiger partial charge in [0.05, 0.1) is 17.7 Å². The highest BCUT2D eigenvalue weighted by atomic mass is 35.5. The Morgan fingerprint density at radius 3 is 2.85 bits per heavy atom. The molecule has 4 nitrogen and oxygen atoms in total. The number of benzene rings is 1. The molecule has 0 radical (unpaired) electrons. The second-order valence-electron chi connectivity index (χ2n) is 4.26. The zero-order valence-electron chi connectivity index (χ0n) is 11.3. The topological polar surface area (TPSA) is 48.4 Å². The highest BCUT2D eigenvalue weighted by Gasteiger charge is 2.13. The molecule has 1 aromatic carbocycles. The van der Waals surface area contributed by atoms with Gasteiger partial charge < -0.3 is 9.47 Å². The smallest absolute Gasteiger partial charge is 0.339 e. The van der Waals surface area contributed by atoms with Gasteiger partial charge in [0.25, 0.3) is 0 Å². The number of esters is 1. The van der Waals surface area contributed by atoms with Gasteiger partial charge in [-0.15, -0.1) is 0 Å². The molecule has 0 atom stereocenters. The lowest BCUT2D eigenvalue weighted by Gasteiger charge is -2.08. The summed E-state index contributed by atoms with van der Waals surface area (Å²) in [7, 11) is 0. The van der Waals surface area contributed by atoms with Crippen molar-refractivity contribution in [2.24, 2.45) is 0 Å². The third-order valence-corrected chi connectivity index (χ3v) is 2.91. The summed E-state index contributed by atoms with van der Waals surface area (Å²) in [6.45, 7) is 3.32. The normalized spacial score (nSPS) is 10.7. The van der Waals surface area contributed by atoms with Crippen molar-refractivity contribution in [2.75, 3.05) is 19.8 Å². The number of carbonyl (C=O) groups is 1. The SMILES string of the molecule is CCCOCCOC(=O)c1cc(Cl)nc2ccccc12. The summed E-state index contributed by atoms with van der Waals surface area (Å²) in [6, 6.07) is 8.85. The molecule has 0 aliphatic rings. The van der Waals surface area contributed by atoms with Crippen molar-refractivity contribution in [3.8, 4) is 0 Å². The van der Waals surface area contributed by atoms with Crippen LogP contribution in [0.1, 0.15) is 23.7 Å². The van der Waals surface area contributed by atoms with Crippen LogP contribution in [-0.4, -0.2) is 30.8 Å².